The smallest absolute Gasteiger partial charge is 0.252 e. The molecule has 0 atom stereocenters. The summed E-state index contributed by atoms with van der Waals surface area (Å²) in [5.74, 6) is 2.55. The molecule has 1 aromatic carbocycles. The van der Waals surface area contributed by atoms with E-state index in [1.54, 1.807) is 0 Å². The van der Waals surface area contributed by atoms with E-state index < -0.39 is 0 Å². The van der Waals surface area contributed by atoms with Crippen molar-refractivity contribution in [2.75, 3.05) is 6.54 Å². The van der Waals surface area contributed by atoms with Gasteiger partial charge in [-0.05, 0) is 77.9 Å². The van der Waals surface area contributed by atoms with Crippen LogP contribution in [0.2, 0.25) is 0 Å². The normalized spacial score (nSPS) is 18.7. The minimum Gasteiger partial charge on any atom is -0.352 e. The van der Waals surface area contributed by atoms with Crippen molar-refractivity contribution in [2.45, 2.75) is 32.6 Å². The minimum absolute atomic E-state index is 0.0573. The quantitative estimate of drug-likeness (QED) is 0.874. The van der Waals surface area contributed by atoms with Gasteiger partial charge in [0.2, 0.25) is 0 Å². The second kappa shape index (κ2) is 5.28. The van der Waals surface area contributed by atoms with E-state index in [2.05, 4.69) is 21.2 Å². The molecule has 0 aliphatic heterocycles. The van der Waals surface area contributed by atoms with Crippen LogP contribution in [0.4, 0.5) is 0 Å². The molecule has 1 N–H and O–H groups in total. The number of carbonyl (C=O) groups excluding carboxylic acids is 1. The summed E-state index contributed by atoms with van der Waals surface area (Å²) in [7, 11) is 0. The van der Waals surface area contributed by atoms with E-state index in [1.165, 1.54) is 25.7 Å². The molecular formula is C16H20BrNO. The average Bonchev–Trinajstić information content (AvgIpc) is 3.26. The largest absolute Gasteiger partial charge is 0.352 e. The Morgan fingerprint density at radius 2 is 1.95 bits per heavy atom. The number of aryl methyl sites for hydroxylation is 1. The van der Waals surface area contributed by atoms with Gasteiger partial charge in [-0.1, -0.05) is 12.1 Å². The highest BCUT2D eigenvalue weighted by atomic mass is 79.9. The summed E-state index contributed by atoms with van der Waals surface area (Å²) in [6, 6.07) is 5.84. The van der Waals surface area contributed by atoms with Gasteiger partial charge in [-0.25, -0.2) is 0 Å². The zero-order valence-corrected chi connectivity index (χ0v) is 12.9. The number of hydrogen-bond acceptors (Lipinski definition) is 1. The number of hydrogen-bond donors (Lipinski definition) is 1. The molecule has 2 aliphatic rings. The molecule has 2 fully saturated rings. The Morgan fingerprint density at radius 1 is 1.32 bits per heavy atom. The first-order chi connectivity index (χ1) is 9.16. The third-order valence-electron chi connectivity index (χ3n) is 4.39. The van der Waals surface area contributed by atoms with Gasteiger partial charge in [-0.2, -0.15) is 0 Å². The summed E-state index contributed by atoms with van der Waals surface area (Å²) >= 11 is 3.51. The maximum Gasteiger partial charge on any atom is 0.252 e. The molecule has 0 bridgehead atoms. The molecule has 0 heterocycles. The Kier molecular flexibility index (Phi) is 3.66. The predicted octanol–water partition coefficient (Wildman–Crippen LogP) is 3.92. The van der Waals surface area contributed by atoms with Gasteiger partial charge < -0.3 is 5.32 Å². The van der Waals surface area contributed by atoms with Crippen LogP contribution in [0.15, 0.2) is 22.7 Å². The molecule has 2 saturated carbocycles. The van der Waals surface area contributed by atoms with Gasteiger partial charge in [-0.15, -0.1) is 0 Å². The molecule has 0 saturated heterocycles. The first-order valence-electron chi connectivity index (χ1n) is 7.20. The summed E-state index contributed by atoms with van der Waals surface area (Å²) in [6.45, 7) is 2.87. The van der Waals surface area contributed by atoms with Crippen LogP contribution in [-0.4, -0.2) is 12.5 Å². The molecule has 0 spiro atoms. The predicted molar refractivity (Wildman–Crippen MR) is 80.2 cm³/mol. The Labute approximate surface area is 123 Å². The number of nitrogens with one attached hydrogen (secondary N) is 1. The van der Waals surface area contributed by atoms with Crippen LogP contribution in [0.5, 0.6) is 0 Å². The average molecular weight is 322 g/mol. The van der Waals surface area contributed by atoms with Crippen LogP contribution in [0.25, 0.3) is 0 Å². The highest BCUT2D eigenvalue weighted by Gasteiger charge is 2.41. The third kappa shape index (κ3) is 3.02. The summed E-state index contributed by atoms with van der Waals surface area (Å²) in [5.41, 5.74) is 1.86. The van der Waals surface area contributed by atoms with Crippen molar-refractivity contribution in [2.24, 2.45) is 17.8 Å². The van der Waals surface area contributed by atoms with E-state index in [1.807, 2.05) is 25.1 Å². The maximum absolute atomic E-state index is 12.3. The van der Waals surface area contributed by atoms with Crippen LogP contribution in [-0.2, 0) is 0 Å². The van der Waals surface area contributed by atoms with Crippen molar-refractivity contribution < 1.29 is 4.79 Å². The number of halogens is 1. The molecule has 102 valence electrons. The van der Waals surface area contributed by atoms with Crippen LogP contribution in [0.3, 0.4) is 0 Å². The fourth-order valence-electron chi connectivity index (χ4n) is 2.90. The summed E-state index contributed by atoms with van der Waals surface area (Å²) in [6.07, 6.45) is 5.46. The number of rotatable bonds is 5. The highest BCUT2D eigenvalue weighted by Crippen LogP contribution is 2.48. The lowest BCUT2D eigenvalue weighted by atomic mass is 9.98. The van der Waals surface area contributed by atoms with Gasteiger partial charge in [0.1, 0.15) is 0 Å². The molecule has 3 rings (SSSR count). The Balaban J connectivity index is 1.62. The first-order valence-corrected chi connectivity index (χ1v) is 7.99. The molecule has 19 heavy (non-hydrogen) atoms. The number of amides is 1. The lowest BCUT2D eigenvalue weighted by Crippen LogP contribution is -2.31. The van der Waals surface area contributed by atoms with Crippen LogP contribution in [0, 0.1) is 24.7 Å². The van der Waals surface area contributed by atoms with Gasteiger partial charge in [0.05, 0.1) is 5.56 Å². The van der Waals surface area contributed by atoms with E-state index in [9.17, 15) is 4.79 Å². The van der Waals surface area contributed by atoms with E-state index >= 15 is 0 Å². The van der Waals surface area contributed by atoms with Crippen LogP contribution >= 0.6 is 15.9 Å². The molecule has 2 aliphatic carbocycles. The molecule has 0 aromatic heterocycles. The van der Waals surface area contributed by atoms with Gasteiger partial charge in [0, 0.05) is 11.0 Å². The molecular weight excluding hydrogens is 302 g/mol. The van der Waals surface area contributed by atoms with Crippen molar-refractivity contribution in [1.29, 1.82) is 0 Å². The molecule has 2 nitrogen and oxygen atoms in total. The Hall–Kier alpha value is -0.830. The van der Waals surface area contributed by atoms with Crippen molar-refractivity contribution in [3.8, 4) is 0 Å². The number of carbonyl (C=O) groups is 1. The topological polar surface area (TPSA) is 29.1 Å². The van der Waals surface area contributed by atoms with Gasteiger partial charge in [0.25, 0.3) is 5.91 Å². The van der Waals surface area contributed by atoms with E-state index in [0.29, 0.717) is 0 Å². The fraction of sp³-hybridized carbons (Fsp3) is 0.562. The third-order valence-corrected chi connectivity index (χ3v) is 5.44. The lowest BCUT2D eigenvalue weighted by Gasteiger charge is -2.16. The summed E-state index contributed by atoms with van der Waals surface area (Å²) in [5, 5.41) is 3.14. The van der Waals surface area contributed by atoms with Crippen LogP contribution in [0.1, 0.15) is 41.6 Å². The van der Waals surface area contributed by atoms with Gasteiger partial charge in [0.15, 0.2) is 0 Å². The molecule has 0 unspecified atom stereocenters. The van der Waals surface area contributed by atoms with E-state index in [-0.39, 0.29) is 5.91 Å². The van der Waals surface area contributed by atoms with Crippen molar-refractivity contribution >= 4 is 21.8 Å². The molecule has 1 amide bonds. The Bertz CT molecular complexity index is 480. The summed E-state index contributed by atoms with van der Waals surface area (Å²) in [4.78, 5) is 12.3. The zero-order valence-electron chi connectivity index (χ0n) is 11.3. The molecule has 1 aromatic rings. The molecule has 3 heteroatoms. The second-order valence-electron chi connectivity index (χ2n) is 5.99. The fourth-order valence-corrected chi connectivity index (χ4v) is 3.34. The highest BCUT2D eigenvalue weighted by molar-refractivity contribution is 9.10. The van der Waals surface area contributed by atoms with E-state index in [0.717, 1.165) is 39.9 Å². The SMILES string of the molecule is Cc1cccc(C(=O)NCC(C2CC2)C2CC2)c1Br. The Morgan fingerprint density at radius 3 is 2.53 bits per heavy atom. The van der Waals surface area contributed by atoms with Crippen molar-refractivity contribution in [3.63, 3.8) is 0 Å². The van der Waals surface area contributed by atoms with E-state index in [4.69, 9.17) is 0 Å². The van der Waals surface area contributed by atoms with Gasteiger partial charge >= 0.3 is 0 Å². The van der Waals surface area contributed by atoms with Crippen molar-refractivity contribution in [3.05, 3.63) is 33.8 Å². The standard InChI is InChI=1S/C16H20BrNO/c1-10-3-2-4-13(15(10)17)16(19)18-9-14(11-5-6-11)12-7-8-12/h2-4,11-12,14H,5-9H2,1H3,(H,18,19). The van der Waals surface area contributed by atoms with Gasteiger partial charge in [-0.3, -0.25) is 4.79 Å². The van der Waals surface area contributed by atoms with Crippen molar-refractivity contribution in [1.82, 2.24) is 5.32 Å². The monoisotopic (exact) mass is 321 g/mol. The lowest BCUT2D eigenvalue weighted by molar-refractivity contribution is 0.0942. The first kappa shape index (κ1) is 13.2. The number of benzene rings is 1. The zero-order chi connectivity index (χ0) is 13.4. The minimum atomic E-state index is 0.0573. The molecule has 0 radical (unpaired) electrons. The maximum atomic E-state index is 12.3. The summed E-state index contributed by atoms with van der Waals surface area (Å²) < 4.78 is 0.918. The van der Waals surface area contributed by atoms with Crippen LogP contribution < -0.4 is 5.32 Å². The second-order valence-corrected chi connectivity index (χ2v) is 6.78.